The molecule has 0 bridgehead atoms. The molecule has 2 unspecified atom stereocenters. The Kier molecular flexibility index (Phi) is 5.82. The maximum Gasteiger partial charge on any atom is 0.255 e. The smallest absolute Gasteiger partial charge is 0.255 e. The molecule has 0 spiro atoms. The molecule has 27 heavy (non-hydrogen) atoms. The van der Waals surface area contributed by atoms with Crippen molar-refractivity contribution >= 4 is 17.5 Å². The monoisotopic (exact) mass is 374 g/mol. The Morgan fingerprint density at radius 3 is 2.74 bits per heavy atom. The molecule has 2 amide bonds. The fourth-order valence-electron chi connectivity index (χ4n) is 2.94. The molecule has 1 aromatic carbocycles. The van der Waals surface area contributed by atoms with Crippen molar-refractivity contribution in [1.82, 2.24) is 25.5 Å². The van der Waals surface area contributed by atoms with Gasteiger partial charge < -0.3 is 10.2 Å². The summed E-state index contributed by atoms with van der Waals surface area (Å²) in [5.74, 6) is -0.845. The van der Waals surface area contributed by atoms with Gasteiger partial charge in [-0.05, 0) is 37.6 Å². The van der Waals surface area contributed by atoms with Crippen LogP contribution >= 0.6 is 0 Å². The van der Waals surface area contributed by atoms with Crippen molar-refractivity contribution in [3.8, 4) is 0 Å². The number of halogens is 1. The van der Waals surface area contributed by atoms with E-state index in [0.29, 0.717) is 23.8 Å². The molecule has 144 valence electrons. The van der Waals surface area contributed by atoms with Gasteiger partial charge in [-0.2, -0.15) is 5.10 Å². The van der Waals surface area contributed by atoms with E-state index in [1.165, 1.54) is 35.1 Å². The van der Waals surface area contributed by atoms with Gasteiger partial charge in [0.05, 0.1) is 11.9 Å². The predicted molar refractivity (Wildman–Crippen MR) is 98.4 cm³/mol. The minimum atomic E-state index is -0.403. The summed E-state index contributed by atoms with van der Waals surface area (Å²) in [5, 5.41) is 6.79. The van der Waals surface area contributed by atoms with Crippen LogP contribution in [0.5, 0.6) is 0 Å². The molecule has 0 saturated carbocycles. The van der Waals surface area contributed by atoms with Crippen molar-refractivity contribution in [2.45, 2.75) is 32.0 Å². The molecule has 3 N–H and O–H groups in total. The van der Waals surface area contributed by atoms with Crippen molar-refractivity contribution in [3.63, 3.8) is 0 Å². The van der Waals surface area contributed by atoms with E-state index in [1.807, 2.05) is 0 Å². The van der Waals surface area contributed by atoms with Crippen LogP contribution in [0.25, 0.3) is 0 Å². The summed E-state index contributed by atoms with van der Waals surface area (Å²) in [6.07, 6.45) is 4.02. The zero-order chi connectivity index (χ0) is 19.4. The van der Waals surface area contributed by atoms with E-state index in [0.717, 1.165) is 6.42 Å². The van der Waals surface area contributed by atoms with E-state index < -0.39 is 5.82 Å². The van der Waals surface area contributed by atoms with Crippen molar-refractivity contribution in [2.24, 2.45) is 0 Å². The number of benzene rings is 1. The van der Waals surface area contributed by atoms with Gasteiger partial charge in [-0.25, -0.2) is 4.39 Å². The third-order valence-electron chi connectivity index (χ3n) is 4.39. The minimum Gasteiger partial charge on any atom is -0.343 e. The lowest BCUT2D eigenvalue weighted by Gasteiger charge is -2.21. The summed E-state index contributed by atoms with van der Waals surface area (Å²) in [7, 11) is 1.76. The maximum atomic E-state index is 12.9. The van der Waals surface area contributed by atoms with Crippen LogP contribution in [0.1, 0.15) is 23.7 Å². The standard InChI is InChI=1S/C18H23FN6O2/c1-12-7-15(23-22-12)9-24(2)17(26)11-25-10-16(8-20-25)21-18(27)13-3-5-14(19)6-4-13/h3-6,8,10,12,15,22-23H,7,9,11H2,1-2H3,(H,21,27). The second kappa shape index (κ2) is 8.28. The summed E-state index contributed by atoms with van der Waals surface area (Å²) in [5.41, 5.74) is 7.11. The largest absolute Gasteiger partial charge is 0.343 e. The van der Waals surface area contributed by atoms with Gasteiger partial charge in [0.25, 0.3) is 5.91 Å². The average Bonchev–Trinajstić information content (AvgIpc) is 3.24. The van der Waals surface area contributed by atoms with E-state index in [2.05, 4.69) is 28.2 Å². The second-order valence-corrected chi connectivity index (χ2v) is 6.78. The SMILES string of the molecule is CC1CC(CN(C)C(=O)Cn2cc(NC(=O)c3ccc(F)cc3)cn2)NN1. The Balaban J connectivity index is 1.51. The van der Waals surface area contributed by atoms with Gasteiger partial charge in [0, 0.05) is 37.4 Å². The van der Waals surface area contributed by atoms with E-state index >= 15 is 0 Å². The highest BCUT2D eigenvalue weighted by atomic mass is 19.1. The Hall–Kier alpha value is -2.78. The highest BCUT2D eigenvalue weighted by Crippen LogP contribution is 2.10. The molecule has 1 aliphatic rings. The van der Waals surface area contributed by atoms with Crippen LogP contribution in [0, 0.1) is 5.82 Å². The van der Waals surface area contributed by atoms with E-state index in [9.17, 15) is 14.0 Å². The lowest BCUT2D eigenvalue weighted by molar-refractivity contribution is -0.131. The molecular weight excluding hydrogens is 351 g/mol. The Morgan fingerprint density at radius 1 is 1.33 bits per heavy atom. The van der Waals surface area contributed by atoms with Crippen molar-refractivity contribution in [2.75, 3.05) is 18.9 Å². The maximum absolute atomic E-state index is 12.9. The molecule has 8 nitrogen and oxygen atoms in total. The quantitative estimate of drug-likeness (QED) is 0.701. The van der Waals surface area contributed by atoms with Crippen LogP contribution < -0.4 is 16.2 Å². The number of nitrogens with zero attached hydrogens (tertiary/aromatic N) is 3. The number of amides is 2. The number of hydrazine groups is 1. The van der Waals surface area contributed by atoms with E-state index in [1.54, 1.807) is 18.1 Å². The van der Waals surface area contributed by atoms with Crippen LogP contribution in [-0.4, -0.2) is 52.2 Å². The normalized spacial score (nSPS) is 19.1. The van der Waals surface area contributed by atoms with Gasteiger partial charge in [0.2, 0.25) is 5.91 Å². The van der Waals surface area contributed by atoms with Crippen molar-refractivity contribution in [3.05, 3.63) is 48.0 Å². The second-order valence-electron chi connectivity index (χ2n) is 6.78. The van der Waals surface area contributed by atoms with Crippen molar-refractivity contribution in [1.29, 1.82) is 0 Å². The molecule has 1 fully saturated rings. The summed E-state index contributed by atoms with van der Waals surface area (Å²) in [4.78, 5) is 26.1. The molecule has 1 saturated heterocycles. The van der Waals surface area contributed by atoms with Gasteiger partial charge in [-0.3, -0.25) is 25.1 Å². The van der Waals surface area contributed by atoms with Gasteiger partial charge in [-0.1, -0.05) is 0 Å². The zero-order valence-electron chi connectivity index (χ0n) is 15.3. The fraction of sp³-hybridized carbons (Fsp3) is 0.389. The summed E-state index contributed by atoms with van der Waals surface area (Å²) in [6, 6.07) is 5.86. The molecule has 2 aromatic rings. The first-order chi connectivity index (χ1) is 12.9. The number of likely N-dealkylation sites (N-methyl/N-ethyl adjacent to an activating group) is 1. The number of aromatic nitrogens is 2. The number of anilines is 1. The molecule has 3 rings (SSSR count). The Labute approximate surface area is 156 Å². The van der Waals surface area contributed by atoms with E-state index in [4.69, 9.17) is 0 Å². The highest BCUT2D eigenvalue weighted by molar-refractivity contribution is 6.04. The van der Waals surface area contributed by atoms with Crippen LogP contribution in [0.3, 0.4) is 0 Å². The molecule has 9 heteroatoms. The Morgan fingerprint density at radius 2 is 2.07 bits per heavy atom. The molecule has 2 heterocycles. The first-order valence-corrected chi connectivity index (χ1v) is 8.75. The van der Waals surface area contributed by atoms with Crippen LogP contribution in [0.4, 0.5) is 10.1 Å². The average molecular weight is 374 g/mol. The molecule has 2 atom stereocenters. The molecule has 0 aliphatic carbocycles. The lowest BCUT2D eigenvalue weighted by atomic mass is 10.1. The minimum absolute atomic E-state index is 0.0733. The van der Waals surface area contributed by atoms with Crippen LogP contribution in [0.2, 0.25) is 0 Å². The lowest BCUT2D eigenvalue weighted by Crippen LogP contribution is -2.42. The Bertz CT molecular complexity index is 806. The van der Waals surface area contributed by atoms with Crippen LogP contribution in [0.15, 0.2) is 36.7 Å². The zero-order valence-corrected chi connectivity index (χ0v) is 15.3. The molecular formula is C18H23FN6O2. The third kappa shape index (κ3) is 5.11. The molecule has 1 aliphatic heterocycles. The number of hydrogen-bond acceptors (Lipinski definition) is 5. The topological polar surface area (TPSA) is 91.3 Å². The van der Waals surface area contributed by atoms with Gasteiger partial charge >= 0.3 is 0 Å². The fourth-order valence-corrected chi connectivity index (χ4v) is 2.94. The predicted octanol–water partition coefficient (Wildman–Crippen LogP) is 0.988. The number of carbonyl (C=O) groups is 2. The summed E-state index contributed by atoms with van der Waals surface area (Å²) >= 11 is 0. The highest BCUT2D eigenvalue weighted by Gasteiger charge is 2.23. The molecule has 1 aromatic heterocycles. The number of carbonyl (C=O) groups excluding carboxylic acids is 2. The summed E-state index contributed by atoms with van der Waals surface area (Å²) < 4.78 is 14.4. The first kappa shape index (κ1) is 19.0. The number of nitrogens with one attached hydrogen (secondary N) is 3. The van der Waals surface area contributed by atoms with Gasteiger partial charge in [0.15, 0.2) is 0 Å². The first-order valence-electron chi connectivity index (χ1n) is 8.75. The van der Waals surface area contributed by atoms with Crippen molar-refractivity contribution < 1.29 is 14.0 Å². The van der Waals surface area contributed by atoms with Gasteiger partial charge in [0.1, 0.15) is 12.4 Å². The number of hydrogen-bond donors (Lipinski definition) is 3. The number of rotatable bonds is 6. The van der Waals surface area contributed by atoms with E-state index in [-0.39, 0.29) is 24.4 Å². The van der Waals surface area contributed by atoms with Gasteiger partial charge in [-0.15, -0.1) is 0 Å². The van der Waals surface area contributed by atoms with Crippen LogP contribution in [-0.2, 0) is 11.3 Å². The molecule has 0 radical (unpaired) electrons. The third-order valence-corrected chi connectivity index (χ3v) is 4.39. The summed E-state index contributed by atoms with van der Waals surface area (Å²) in [6.45, 7) is 2.77.